The molecule has 0 aliphatic heterocycles. The highest BCUT2D eigenvalue weighted by molar-refractivity contribution is 4.79. The third-order valence-electron chi connectivity index (χ3n) is 3.77. The molecular formula is C14F30O7. The summed E-state index contributed by atoms with van der Waals surface area (Å²) in [5.74, 6) is 0. The molecule has 0 N–H and O–H groups in total. The van der Waals surface area contributed by atoms with Crippen molar-refractivity contribution in [2.45, 2.75) is 86.0 Å². The smallest absolute Gasteiger partial charge is 0.241 e. The number of hydrogen-bond acceptors (Lipinski definition) is 7. The number of ether oxygens (including phenoxy) is 7. The van der Waals surface area contributed by atoms with Gasteiger partial charge in [0.15, 0.2) is 0 Å². The van der Waals surface area contributed by atoms with E-state index in [1.54, 1.807) is 0 Å². The molecule has 0 atom stereocenters. The Kier molecular flexibility index (Phi) is 12.6. The van der Waals surface area contributed by atoms with E-state index in [0.717, 1.165) is 4.74 Å². The molecule has 0 rings (SSSR count). The molecular weight excluding hydrogens is 850 g/mol. The molecule has 0 radical (unpaired) electrons. The maximum atomic E-state index is 13.3. The minimum absolute atomic E-state index is 1.08. The Morgan fingerprint density at radius 3 is 0.412 bits per heavy atom. The summed E-state index contributed by atoms with van der Waals surface area (Å²) < 4.78 is 392. The molecule has 0 fully saturated rings. The summed E-state index contributed by atoms with van der Waals surface area (Å²) in [6, 6.07) is 0. The van der Waals surface area contributed by atoms with Gasteiger partial charge in [-0.3, -0.25) is 0 Å². The van der Waals surface area contributed by atoms with Gasteiger partial charge in [-0.2, -0.15) is 114 Å². The molecule has 37 heteroatoms. The van der Waals surface area contributed by atoms with E-state index in [2.05, 4.69) is 0 Å². The second-order valence-corrected chi connectivity index (χ2v) is 7.80. The van der Waals surface area contributed by atoms with Gasteiger partial charge in [-0.05, 0) is 0 Å². The van der Waals surface area contributed by atoms with Crippen LogP contribution in [-0.2, 0) is 33.2 Å². The van der Waals surface area contributed by atoms with Crippen LogP contribution in [-0.4, -0.2) is 86.0 Å². The normalized spacial score (nSPS) is 16.6. The summed E-state index contributed by atoms with van der Waals surface area (Å²) in [4.78, 5) is 0. The van der Waals surface area contributed by atoms with E-state index in [1.807, 2.05) is 0 Å². The minimum Gasteiger partial charge on any atom is -0.241 e. The number of rotatable bonds is 18. The van der Waals surface area contributed by atoms with Crippen LogP contribution in [0.2, 0.25) is 0 Å². The molecule has 0 spiro atoms. The summed E-state index contributed by atoms with van der Waals surface area (Å²) >= 11 is 0. The number of alkyl halides is 30. The van der Waals surface area contributed by atoms with Crippen molar-refractivity contribution in [1.82, 2.24) is 0 Å². The highest BCUT2D eigenvalue weighted by atomic mass is 19.4. The van der Waals surface area contributed by atoms with Crippen LogP contribution in [0.15, 0.2) is 0 Å². The number of hydrogen-bond donors (Lipinski definition) is 0. The van der Waals surface area contributed by atoms with Crippen molar-refractivity contribution in [1.29, 1.82) is 0 Å². The monoisotopic (exact) mass is 850 g/mol. The van der Waals surface area contributed by atoms with Crippen molar-refractivity contribution in [2.75, 3.05) is 0 Å². The molecule has 0 aromatic carbocycles. The van der Waals surface area contributed by atoms with Crippen molar-refractivity contribution in [3.05, 3.63) is 0 Å². The van der Waals surface area contributed by atoms with Gasteiger partial charge >= 0.3 is 86.0 Å². The fourth-order valence-electron chi connectivity index (χ4n) is 1.71. The second kappa shape index (κ2) is 13.2. The molecule has 0 bridgehead atoms. The molecule has 0 heterocycles. The van der Waals surface area contributed by atoms with Crippen molar-refractivity contribution >= 4 is 0 Å². The van der Waals surface area contributed by atoms with E-state index in [9.17, 15) is 132 Å². The molecule has 0 unspecified atom stereocenters. The molecule has 0 aromatic rings. The largest absolute Gasteiger partial charge is 0.495 e. The van der Waals surface area contributed by atoms with Crippen LogP contribution in [0.3, 0.4) is 0 Å². The van der Waals surface area contributed by atoms with Crippen molar-refractivity contribution in [3.63, 3.8) is 0 Å². The van der Waals surface area contributed by atoms with Gasteiger partial charge in [0.2, 0.25) is 0 Å². The Labute approximate surface area is 252 Å². The van der Waals surface area contributed by atoms with Crippen LogP contribution in [0, 0.1) is 0 Å². The van der Waals surface area contributed by atoms with Crippen LogP contribution >= 0.6 is 0 Å². The quantitative estimate of drug-likeness (QED) is 0.101. The van der Waals surface area contributed by atoms with E-state index in [4.69, 9.17) is 0 Å². The lowest BCUT2D eigenvalue weighted by Crippen LogP contribution is -2.60. The minimum atomic E-state index is -8.22. The lowest BCUT2D eigenvalue weighted by atomic mass is 10.5. The molecule has 0 saturated heterocycles. The predicted octanol–water partition coefficient (Wildman–Crippen LogP) is 9.26. The van der Waals surface area contributed by atoms with Crippen LogP contribution in [0.5, 0.6) is 0 Å². The molecule has 308 valence electrons. The van der Waals surface area contributed by atoms with Gasteiger partial charge in [-0.25, -0.2) is 33.2 Å². The SMILES string of the molecule is FC(F)(OC(F)(F)C(F)(F)OC(F)(F)C(F)(F)F)OC(F)(F)C(F)(F)OC(F)(F)C(F)(F)OC(F)(F)OC(F)(F)C(F)(F)OC(F)(F)C(F)(F)F. The molecule has 7 nitrogen and oxygen atoms in total. The fraction of sp³-hybridized carbons (Fsp3) is 1.00. The van der Waals surface area contributed by atoms with Crippen LogP contribution < -0.4 is 0 Å². The van der Waals surface area contributed by atoms with E-state index in [-0.39, 0.29) is 0 Å². The van der Waals surface area contributed by atoms with E-state index in [1.165, 1.54) is 28.4 Å². The Balaban J connectivity index is 6.16. The maximum Gasteiger partial charge on any atom is 0.495 e. The van der Waals surface area contributed by atoms with Gasteiger partial charge in [-0.15, -0.1) is 17.6 Å². The second-order valence-electron chi connectivity index (χ2n) is 7.80. The molecule has 0 aliphatic rings. The Morgan fingerprint density at radius 2 is 0.275 bits per heavy atom. The zero-order chi connectivity index (χ0) is 41.9. The first-order valence-electron chi connectivity index (χ1n) is 10.0. The lowest BCUT2D eigenvalue weighted by molar-refractivity contribution is -0.613. The highest BCUT2D eigenvalue weighted by Crippen LogP contribution is 2.53. The highest BCUT2D eigenvalue weighted by Gasteiger charge is 2.79. The molecule has 0 saturated carbocycles. The van der Waals surface area contributed by atoms with Gasteiger partial charge in [0.25, 0.3) is 0 Å². The summed E-state index contributed by atoms with van der Waals surface area (Å²) in [6.07, 6.45) is -110. The summed E-state index contributed by atoms with van der Waals surface area (Å²) in [7, 11) is 0. The van der Waals surface area contributed by atoms with Gasteiger partial charge in [0.05, 0.1) is 0 Å². The topological polar surface area (TPSA) is 64.6 Å². The zero-order valence-electron chi connectivity index (χ0n) is 21.2. The Hall–Kier alpha value is -2.38. The number of halogens is 30. The van der Waals surface area contributed by atoms with E-state index in [0.29, 0.717) is 0 Å². The van der Waals surface area contributed by atoms with Crippen molar-refractivity contribution < 1.29 is 165 Å². The van der Waals surface area contributed by atoms with Gasteiger partial charge in [0, 0.05) is 0 Å². The molecule has 0 amide bonds. The zero-order valence-corrected chi connectivity index (χ0v) is 21.2. The molecule has 0 aromatic heterocycles. The first-order chi connectivity index (χ1) is 21.4. The summed E-state index contributed by atoms with van der Waals surface area (Å²) in [5, 5.41) is 0. The summed E-state index contributed by atoms with van der Waals surface area (Å²) in [6.45, 7) is 0. The standard InChI is InChI=1S/C14F30O7/c15-1(16,17)3(21,22)45-5(25,26)9(33,34)48-13(41,42)50-11(37,38)7(29,30)47-8(31,32)12(39,40)51-14(43,44)49-10(35,36)6(27,28)46-4(23,24)2(18,19)20. The van der Waals surface area contributed by atoms with Crippen molar-refractivity contribution in [3.8, 4) is 0 Å². The summed E-state index contributed by atoms with van der Waals surface area (Å²) in [5.41, 5.74) is 0. The predicted molar refractivity (Wildman–Crippen MR) is 79.1 cm³/mol. The Morgan fingerprint density at radius 1 is 0.157 bits per heavy atom. The third kappa shape index (κ3) is 11.3. The fourth-order valence-corrected chi connectivity index (χ4v) is 1.71. The average molecular weight is 850 g/mol. The van der Waals surface area contributed by atoms with Crippen LogP contribution in [0.1, 0.15) is 0 Å². The van der Waals surface area contributed by atoms with Gasteiger partial charge in [0.1, 0.15) is 0 Å². The Bertz CT molecular complexity index is 1100. The first-order valence-corrected chi connectivity index (χ1v) is 10.0. The molecule has 0 aliphatic carbocycles. The van der Waals surface area contributed by atoms with E-state index >= 15 is 0 Å². The third-order valence-corrected chi connectivity index (χ3v) is 3.77. The van der Waals surface area contributed by atoms with Crippen LogP contribution in [0.4, 0.5) is 132 Å². The van der Waals surface area contributed by atoms with Crippen molar-refractivity contribution in [2.24, 2.45) is 0 Å². The van der Waals surface area contributed by atoms with Gasteiger partial charge < -0.3 is 0 Å². The van der Waals surface area contributed by atoms with E-state index < -0.39 is 86.0 Å². The lowest BCUT2D eigenvalue weighted by Gasteiger charge is -2.35. The molecule has 51 heavy (non-hydrogen) atoms. The average Bonchev–Trinajstić information content (AvgIpc) is 2.71. The van der Waals surface area contributed by atoms with Gasteiger partial charge in [-0.1, -0.05) is 0 Å². The maximum absolute atomic E-state index is 13.3. The van der Waals surface area contributed by atoms with Crippen LogP contribution in [0.25, 0.3) is 0 Å². The first kappa shape index (κ1) is 48.6.